The fraction of sp³-hybridized carbons (Fsp3) is 0.655. The summed E-state index contributed by atoms with van der Waals surface area (Å²) in [4.78, 5) is 24.6. The van der Waals surface area contributed by atoms with Gasteiger partial charge in [0.05, 0.1) is 20.3 Å². The van der Waals surface area contributed by atoms with E-state index in [1.54, 1.807) is 14.2 Å². The summed E-state index contributed by atoms with van der Waals surface area (Å²) in [6.45, 7) is 2.57. The lowest BCUT2D eigenvalue weighted by molar-refractivity contribution is -0.122. The molecule has 0 radical (unpaired) electrons. The van der Waals surface area contributed by atoms with Gasteiger partial charge in [0.2, 0.25) is 5.91 Å². The topological polar surface area (TPSA) is 84.9 Å². The normalized spacial score (nSPS) is 18.7. The lowest BCUT2D eigenvalue weighted by Crippen LogP contribution is -2.22. The fourth-order valence-corrected chi connectivity index (χ4v) is 4.89. The molecule has 0 spiro atoms. The number of Topliss-reactive ketones (excluding diaryl/α,β-unsaturated/α-hetero) is 1. The number of amides is 1. The molecule has 1 amide bonds. The zero-order valence-electron chi connectivity index (χ0n) is 21.9. The van der Waals surface area contributed by atoms with Crippen LogP contribution < -0.4 is 14.8 Å². The van der Waals surface area contributed by atoms with Crippen LogP contribution in [0.4, 0.5) is 0 Å². The van der Waals surface area contributed by atoms with Crippen LogP contribution in [0.25, 0.3) is 0 Å². The van der Waals surface area contributed by atoms with Gasteiger partial charge in [0, 0.05) is 30.9 Å². The number of benzene rings is 1. The highest BCUT2D eigenvalue weighted by Gasteiger charge is 2.32. The van der Waals surface area contributed by atoms with E-state index in [0.717, 1.165) is 69.8 Å². The monoisotopic (exact) mass is 487 g/mol. The Kier molecular flexibility index (Phi) is 13.5. The van der Waals surface area contributed by atoms with Crippen molar-refractivity contribution < 1.29 is 24.2 Å². The number of nitrogens with one attached hydrogen (secondary N) is 1. The molecule has 6 heteroatoms. The number of unbranched alkanes of at least 4 members (excludes halogenated alkanes) is 5. The Morgan fingerprint density at radius 2 is 1.94 bits per heavy atom. The van der Waals surface area contributed by atoms with Crippen LogP contribution >= 0.6 is 0 Å². The molecule has 1 aliphatic rings. The maximum absolute atomic E-state index is 12.4. The second-order valence-corrected chi connectivity index (χ2v) is 9.61. The molecule has 3 atom stereocenters. The predicted octanol–water partition coefficient (Wildman–Crippen LogP) is 5.75. The molecule has 6 nitrogen and oxygen atoms in total. The summed E-state index contributed by atoms with van der Waals surface area (Å²) in [5, 5.41) is 13.1. The maximum atomic E-state index is 12.4. The molecule has 2 N–H and O–H groups in total. The Hall–Kier alpha value is -2.34. The lowest BCUT2D eigenvalue weighted by Gasteiger charge is -2.15. The van der Waals surface area contributed by atoms with E-state index in [1.165, 1.54) is 0 Å². The van der Waals surface area contributed by atoms with Gasteiger partial charge in [0.1, 0.15) is 5.78 Å². The minimum Gasteiger partial charge on any atom is -0.493 e. The van der Waals surface area contributed by atoms with Crippen molar-refractivity contribution in [2.24, 2.45) is 11.8 Å². The van der Waals surface area contributed by atoms with Gasteiger partial charge in [-0.3, -0.25) is 9.59 Å². The van der Waals surface area contributed by atoms with Gasteiger partial charge in [-0.25, -0.2) is 0 Å². The molecule has 0 aliphatic heterocycles. The van der Waals surface area contributed by atoms with E-state index < -0.39 is 6.10 Å². The Morgan fingerprint density at radius 3 is 2.69 bits per heavy atom. The molecule has 1 aromatic rings. The van der Waals surface area contributed by atoms with Crippen LogP contribution in [0.15, 0.2) is 30.4 Å². The van der Waals surface area contributed by atoms with E-state index in [1.807, 2.05) is 24.3 Å². The summed E-state index contributed by atoms with van der Waals surface area (Å²) < 4.78 is 10.7. The molecular formula is C29H45NO5. The van der Waals surface area contributed by atoms with Crippen molar-refractivity contribution in [2.75, 3.05) is 14.2 Å². The number of para-hydroxylation sites is 1. The largest absolute Gasteiger partial charge is 0.493 e. The number of methoxy groups -OCH3 is 2. The average Bonchev–Trinajstić information content (AvgIpc) is 3.22. The quantitative estimate of drug-likeness (QED) is 0.216. The van der Waals surface area contributed by atoms with Crippen LogP contribution in [0.5, 0.6) is 11.5 Å². The highest BCUT2D eigenvalue weighted by atomic mass is 16.5. The molecule has 1 aromatic carbocycles. The Labute approximate surface area is 211 Å². The van der Waals surface area contributed by atoms with Crippen LogP contribution in [-0.2, 0) is 16.1 Å². The molecule has 1 saturated carbocycles. The Morgan fingerprint density at radius 1 is 1.14 bits per heavy atom. The average molecular weight is 488 g/mol. The first-order valence-corrected chi connectivity index (χ1v) is 13.4. The molecule has 1 fully saturated rings. The van der Waals surface area contributed by atoms with Crippen molar-refractivity contribution >= 4 is 11.7 Å². The first kappa shape index (κ1) is 28.9. The second kappa shape index (κ2) is 16.4. The SMILES string of the molecule is CCCCC[C@H](O)C=C[C@H]1CCC(=O)[C@@H]1CCCCCCC(=O)NCc1cccc(OC)c1OC. The number of aliphatic hydroxyl groups excluding tert-OH is 1. The van der Waals surface area contributed by atoms with Crippen molar-refractivity contribution in [1.82, 2.24) is 5.32 Å². The fourth-order valence-electron chi connectivity index (χ4n) is 4.89. The summed E-state index contributed by atoms with van der Waals surface area (Å²) in [7, 11) is 3.19. The van der Waals surface area contributed by atoms with E-state index in [0.29, 0.717) is 36.7 Å². The van der Waals surface area contributed by atoms with Gasteiger partial charge in [0.25, 0.3) is 0 Å². The summed E-state index contributed by atoms with van der Waals surface area (Å²) in [5.41, 5.74) is 0.888. The van der Waals surface area contributed by atoms with Crippen molar-refractivity contribution in [3.63, 3.8) is 0 Å². The zero-order chi connectivity index (χ0) is 25.5. The van der Waals surface area contributed by atoms with Crippen LogP contribution in [-0.4, -0.2) is 37.1 Å². The van der Waals surface area contributed by atoms with E-state index in [4.69, 9.17) is 9.47 Å². The number of rotatable bonds is 17. The van der Waals surface area contributed by atoms with Gasteiger partial charge < -0.3 is 19.9 Å². The molecule has 0 unspecified atom stereocenters. The number of ether oxygens (including phenoxy) is 2. The van der Waals surface area contributed by atoms with Crippen molar-refractivity contribution in [3.05, 3.63) is 35.9 Å². The first-order valence-electron chi connectivity index (χ1n) is 13.4. The predicted molar refractivity (Wildman–Crippen MR) is 140 cm³/mol. The van der Waals surface area contributed by atoms with E-state index in [-0.39, 0.29) is 17.7 Å². The first-order chi connectivity index (χ1) is 17.0. The van der Waals surface area contributed by atoms with Gasteiger partial charge in [-0.1, -0.05) is 69.7 Å². The molecule has 2 rings (SSSR count). The number of carbonyl (C=O) groups excluding carboxylic acids is 2. The van der Waals surface area contributed by atoms with E-state index in [9.17, 15) is 14.7 Å². The van der Waals surface area contributed by atoms with Crippen LogP contribution in [0.2, 0.25) is 0 Å². The minimum absolute atomic E-state index is 0.0311. The third-order valence-corrected chi connectivity index (χ3v) is 6.97. The molecule has 0 aromatic heterocycles. The molecule has 0 heterocycles. The van der Waals surface area contributed by atoms with Gasteiger partial charge in [-0.2, -0.15) is 0 Å². The van der Waals surface area contributed by atoms with Crippen molar-refractivity contribution in [3.8, 4) is 11.5 Å². The molecule has 196 valence electrons. The third-order valence-electron chi connectivity index (χ3n) is 6.97. The van der Waals surface area contributed by atoms with E-state index in [2.05, 4.69) is 18.3 Å². The van der Waals surface area contributed by atoms with Gasteiger partial charge in [-0.05, 0) is 37.7 Å². The second-order valence-electron chi connectivity index (χ2n) is 9.61. The number of aliphatic hydroxyl groups is 1. The summed E-state index contributed by atoms with van der Waals surface area (Å²) >= 11 is 0. The Balaban J connectivity index is 1.63. The van der Waals surface area contributed by atoms with Crippen molar-refractivity contribution in [2.45, 2.75) is 96.6 Å². The summed E-state index contributed by atoms with van der Waals surface area (Å²) in [6, 6.07) is 5.63. The molecule has 35 heavy (non-hydrogen) atoms. The number of hydrogen-bond donors (Lipinski definition) is 2. The molecule has 0 bridgehead atoms. The zero-order valence-corrected chi connectivity index (χ0v) is 21.9. The maximum Gasteiger partial charge on any atom is 0.220 e. The smallest absolute Gasteiger partial charge is 0.220 e. The lowest BCUT2D eigenvalue weighted by atomic mass is 9.89. The molecule has 1 aliphatic carbocycles. The van der Waals surface area contributed by atoms with Gasteiger partial charge in [-0.15, -0.1) is 0 Å². The van der Waals surface area contributed by atoms with Gasteiger partial charge >= 0.3 is 0 Å². The number of hydrogen-bond acceptors (Lipinski definition) is 5. The number of carbonyl (C=O) groups is 2. The minimum atomic E-state index is -0.394. The Bertz CT molecular complexity index is 806. The number of allylic oxidation sites excluding steroid dienone is 1. The van der Waals surface area contributed by atoms with Crippen LogP contribution in [0.1, 0.15) is 89.5 Å². The number of ketones is 1. The van der Waals surface area contributed by atoms with E-state index >= 15 is 0 Å². The molecule has 0 saturated heterocycles. The summed E-state index contributed by atoms with van der Waals surface area (Å²) in [6.07, 6.45) is 14.6. The van der Waals surface area contributed by atoms with Gasteiger partial charge in [0.15, 0.2) is 11.5 Å². The molecular weight excluding hydrogens is 442 g/mol. The third kappa shape index (κ3) is 10.0. The summed E-state index contributed by atoms with van der Waals surface area (Å²) in [5.74, 6) is 2.06. The van der Waals surface area contributed by atoms with Crippen LogP contribution in [0.3, 0.4) is 0 Å². The van der Waals surface area contributed by atoms with Crippen LogP contribution in [0, 0.1) is 11.8 Å². The van der Waals surface area contributed by atoms with Crippen molar-refractivity contribution in [1.29, 1.82) is 0 Å². The standard InChI is InChI=1S/C29H45NO5/c1-4-5-8-13-24(31)19-17-22-18-20-26(32)25(22)14-9-6-7-10-16-28(33)30-21-23-12-11-15-27(34-2)29(23)35-3/h11-12,15,17,19,22,24-25,31H,4-10,13-14,16,18,20-21H2,1-3H3,(H,30,33)/t22-,24-,25+/m0/s1. The highest BCUT2D eigenvalue weighted by Crippen LogP contribution is 2.34. The highest BCUT2D eigenvalue weighted by molar-refractivity contribution is 5.83.